The van der Waals surface area contributed by atoms with Crippen LogP contribution in [0.5, 0.6) is 5.75 Å². The van der Waals surface area contributed by atoms with Crippen molar-refractivity contribution in [1.82, 2.24) is 25.5 Å². The topological polar surface area (TPSA) is 94.0 Å². The molecular weight excluding hydrogens is 388 g/mol. The molecule has 1 aromatic heterocycles. The Labute approximate surface area is 174 Å². The van der Waals surface area contributed by atoms with Crippen LogP contribution in [0.3, 0.4) is 0 Å². The number of nitrogens with one attached hydrogen (secondary N) is 2. The molecule has 9 heteroatoms. The quantitative estimate of drug-likeness (QED) is 0.551. The number of thiocarbonyl (C=S) groups is 1. The van der Waals surface area contributed by atoms with E-state index in [4.69, 9.17) is 17.0 Å². The first-order chi connectivity index (χ1) is 14.1. The average Bonchev–Trinajstić information content (AvgIpc) is 3.18. The van der Waals surface area contributed by atoms with Gasteiger partial charge in [0.2, 0.25) is 0 Å². The van der Waals surface area contributed by atoms with Gasteiger partial charge in [0, 0.05) is 5.56 Å². The molecule has 0 spiro atoms. The predicted molar refractivity (Wildman–Crippen MR) is 114 cm³/mol. The van der Waals surface area contributed by atoms with Gasteiger partial charge in [0.05, 0.1) is 6.54 Å². The Hall–Kier alpha value is -3.33. The van der Waals surface area contributed by atoms with Crippen LogP contribution >= 0.6 is 12.2 Å². The number of carbonyl (C=O) groups is 1. The van der Waals surface area contributed by atoms with E-state index < -0.39 is 0 Å². The lowest BCUT2D eigenvalue weighted by Crippen LogP contribution is -2.34. The molecule has 0 saturated carbocycles. The maximum atomic E-state index is 12.3. The van der Waals surface area contributed by atoms with Crippen LogP contribution in [-0.2, 0) is 13.2 Å². The molecule has 0 saturated heterocycles. The molecule has 1 amide bonds. The van der Waals surface area contributed by atoms with Gasteiger partial charge in [0.15, 0.2) is 5.11 Å². The van der Waals surface area contributed by atoms with Crippen molar-refractivity contribution in [2.24, 2.45) is 0 Å². The average molecular weight is 411 g/mol. The van der Waals surface area contributed by atoms with Crippen molar-refractivity contribution in [1.29, 1.82) is 0 Å². The Morgan fingerprint density at radius 1 is 1.14 bits per heavy atom. The second kappa shape index (κ2) is 10.3. The lowest BCUT2D eigenvalue weighted by atomic mass is 10.2. The van der Waals surface area contributed by atoms with Gasteiger partial charge < -0.3 is 4.74 Å². The predicted octanol–water partition coefficient (Wildman–Crippen LogP) is 3.18. The molecule has 2 N–H and O–H groups in total. The van der Waals surface area contributed by atoms with Crippen LogP contribution in [0.2, 0.25) is 0 Å². The van der Waals surface area contributed by atoms with E-state index in [1.165, 1.54) is 4.80 Å². The van der Waals surface area contributed by atoms with E-state index in [1.54, 1.807) is 24.3 Å². The fraction of sp³-hybridized carbons (Fsp3) is 0.250. The van der Waals surface area contributed by atoms with Crippen LogP contribution in [0.15, 0.2) is 54.6 Å². The molecule has 0 atom stereocenters. The molecule has 0 bridgehead atoms. The summed E-state index contributed by atoms with van der Waals surface area (Å²) in [5.74, 6) is 0.588. The van der Waals surface area contributed by atoms with Crippen LogP contribution in [0.1, 0.15) is 35.7 Å². The van der Waals surface area contributed by atoms with Crippen molar-refractivity contribution in [2.45, 2.75) is 32.9 Å². The van der Waals surface area contributed by atoms with Crippen molar-refractivity contribution in [3.63, 3.8) is 0 Å². The molecule has 0 radical (unpaired) electrons. The highest BCUT2D eigenvalue weighted by molar-refractivity contribution is 7.80. The number of nitrogens with zero attached hydrogens (tertiary/aromatic N) is 4. The van der Waals surface area contributed by atoms with Crippen molar-refractivity contribution < 1.29 is 9.53 Å². The van der Waals surface area contributed by atoms with Crippen LogP contribution in [0.4, 0.5) is 5.95 Å². The summed E-state index contributed by atoms with van der Waals surface area (Å²) in [6.45, 7) is 3.23. The zero-order chi connectivity index (χ0) is 20.5. The van der Waals surface area contributed by atoms with Gasteiger partial charge in [0.1, 0.15) is 12.4 Å². The van der Waals surface area contributed by atoms with Gasteiger partial charge in [-0.2, -0.15) is 4.80 Å². The number of unbranched alkanes of at least 4 members (excludes halogenated alkanes) is 1. The smallest absolute Gasteiger partial charge is 0.269 e. The van der Waals surface area contributed by atoms with Gasteiger partial charge in [-0.05, 0) is 53.7 Å². The zero-order valence-corrected chi connectivity index (χ0v) is 16.9. The molecule has 0 aliphatic carbocycles. The first kappa shape index (κ1) is 20.4. The lowest BCUT2D eigenvalue weighted by Gasteiger charge is -2.08. The van der Waals surface area contributed by atoms with Gasteiger partial charge >= 0.3 is 0 Å². The van der Waals surface area contributed by atoms with Crippen molar-refractivity contribution in [3.8, 4) is 5.75 Å². The SMILES string of the molecule is CCCCn1nnc(NC(=S)NC(=O)c2ccc(OCc3ccccc3)cc2)n1. The fourth-order valence-electron chi connectivity index (χ4n) is 2.44. The number of anilines is 1. The van der Waals surface area contributed by atoms with Crippen LogP contribution < -0.4 is 15.4 Å². The number of amides is 1. The van der Waals surface area contributed by atoms with Crippen LogP contribution in [-0.4, -0.2) is 31.2 Å². The molecule has 29 heavy (non-hydrogen) atoms. The third kappa shape index (κ3) is 6.35. The minimum atomic E-state index is -0.338. The van der Waals surface area contributed by atoms with E-state index in [-0.39, 0.29) is 17.0 Å². The van der Waals surface area contributed by atoms with E-state index in [2.05, 4.69) is 33.0 Å². The maximum Gasteiger partial charge on any atom is 0.269 e. The number of tetrazole rings is 1. The highest BCUT2D eigenvalue weighted by Crippen LogP contribution is 2.14. The van der Waals surface area contributed by atoms with Crippen molar-refractivity contribution >= 4 is 29.2 Å². The third-order valence-electron chi connectivity index (χ3n) is 3.98. The van der Waals surface area contributed by atoms with Gasteiger partial charge in [-0.3, -0.25) is 15.4 Å². The maximum absolute atomic E-state index is 12.3. The summed E-state index contributed by atoms with van der Waals surface area (Å²) in [6, 6.07) is 16.7. The number of hydrogen-bond acceptors (Lipinski definition) is 6. The first-order valence-corrected chi connectivity index (χ1v) is 9.72. The summed E-state index contributed by atoms with van der Waals surface area (Å²) in [5, 5.41) is 17.4. The standard InChI is InChI=1S/C20H22N6O2S/c1-2-3-13-26-24-19(23-25-26)22-20(29)21-18(27)16-9-11-17(12-10-16)28-14-15-7-5-4-6-8-15/h4-12H,2-3,13-14H2,1H3,(H2,21,22,24,27,29). The summed E-state index contributed by atoms with van der Waals surface area (Å²) in [6.07, 6.45) is 2.00. The molecule has 0 aliphatic rings. The summed E-state index contributed by atoms with van der Waals surface area (Å²) >= 11 is 5.15. The molecule has 2 aromatic carbocycles. The highest BCUT2D eigenvalue weighted by atomic mass is 32.1. The largest absolute Gasteiger partial charge is 0.489 e. The van der Waals surface area contributed by atoms with Crippen LogP contribution in [0.25, 0.3) is 0 Å². The van der Waals surface area contributed by atoms with E-state index >= 15 is 0 Å². The summed E-state index contributed by atoms with van der Waals surface area (Å²) in [4.78, 5) is 13.8. The lowest BCUT2D eigenvalue weighted by molar-refractivity contribution is 0.0977. The molecule has 0 fully saturated rings. The van der Waals surface area contributed by atoms with E-state index in [0.29, 0.717) is 24.5 Å². The van der Waals surface area contributed by atoms with Gasteiger partial charge in [-0.1, -0.05) is 48.8 Å². The minimum absolute atomic E-state index is 0.106. The van der Waals surface area contributed by atoms with E-state index in [1.807, 2.05) is 30.3 Å². The summed E-state index contributed by atoms with van der Waals surface area (Å²) in [5.41, 5.74) is 1.53. The Morgan fingerprint density at radius 3 is 2.62 bits per heavy atom. The first-order valence-electron chi connectivity index (χ1n) is 9.31. The fourth-order valence-corrected chi connectivity index (χ4v) is 2.62. The van der Waals surface area contributed by atoms with Crippen LogP contribution in [0, 0.1) is 0 Å². The number of carbonyl (C=O) groups excluding carboxylic acids is 1. The molecule has 150 valence electrons. The second-order valence-corrected chi connectivity index (χ2v) is 6.68. The molecular formula is C20H22N6O2S. The minimum Gasteiger partial charge on any atom is -0.489 e. The Balaban J connectivity index is 1.48. The Bertz CT molecular complexity index is 943. The number of aryl methyl sites for hydroxylation is 1. The number of benzene rings is 2. The van der Waals surface area contributed by atoms with Crippen molar-refractivity contribution in [3.05, 3.63) is 65.7 Å². The van der Waals surface area contributed by atoms with E-state index in [9.17, 15) is 4.79 Å². The number of aromatic nitrogens is 4. The summed E-state index contributed by atoms with van der Waals surface area (Å²) < 4.78 is 5.72. The van der Waals surface area contributed by atoms with Gasteiger partial charge in [-0.15, -0.1) is 5.10 Å². The third-order valence-corrected chi connectivity index (χ3v) is 4.19. The van der Waals surface area contributed by atoms with Gasteiger partial charge in [0.25, 0.3) is 11.9 Å². The van der Waals surface area contributed by atoms with E-state index in [0.717, 1.165) is 18.4 Å². The van der Waals surface area contributed by atoms with Gasteiger partial charge in [-0.25, -0.2) is 0 Å². The Morgan fingerprint density at radius 2 is 1.90 bits per heavy atom. The zero-order valence-electron chi connectivity index (χ0n) is 16.0. The van der Waals surface area contributed by atoms with Crippen molar-refractivity contribution in [2.75, 3.05) is 5.32 Å². The number of ether oxygens (including phenoxy) is 1. The molecule has 0 aliphatic heterocycles. The Kier molecular flexibility index (Phi) is 7.23. The molecule has 3 rings (SSSR count). The molecule has 0 unspecified atom stereocenters. The normalized spacial score (nSPS) is 10.4. The number of hydrogen-bond donors (Lipinski definition) is 2. The second-order valence-electron chi connectivity index (χ2n) is 6.27. The monoisotopic (exact) mass is 410 g/mol. The molecule has 8 nitrogen and oxygen atoms in total. The molecule has 3 aromatic rings. The summed E-state index contributed by atoms with van der Waals surface area (Å²) in [7, 11) is 0. The highest BCUT2D eigenvalue weighted by Gasteiger charge is 2.10. The molecule has 1 heterocycles. The number of rotatable bonds is 8.